The highest BCUT2D eigenvalue weighted by atomic mass is 32.2. The minimum Gasteiger partial charge on any atom is -0.364 e. The van der Waals surface area contributed by atoms with Crippen LogP contribution in [0.1, 0.15) is 13.8 Å². The molecule has 1 saturated heterocycles. The number of aromatic nitrogens is 3. The highest BCUT2D eigenvalue weighted by Crippen LogP contribution is 2.34. The summed E-state index contributed by atoms with van der Waals surface area (Å²) in [5, 5.41) is 9.71. The number of hydrogen-bond acceptors (Lipinski definition) is 5. The normalized spacial score (nSPS) is 19.1. The SMILES string of the molecule is C[C@@H]1CNC[C@H](C)N1c1ccc(-c2cnc3c(-c4cccc5c(S(=O)O)cccc45)cnn3c2)cc1. The number of fused-ring (bicyclic) bond motifs is 2. The Balaban J connectivity index is 1.36. The Kier molecular flexibility index (Phi) is 5.79. The molecule has 1 fully saturated rings. The summed E-state index contributed by atoms with van der Waals surface area (Å²) in [5.41, 5.74) is 5.85. The largest absolute Gasteiger partial charge is 0.364 e. The van der Waals surface area contributed by atoms with Crippen LogP contribution in [0, 0.1) is 0 Å². The van der Waals surface area contributed by atoms with Gasteiger partial charge in [-0.15, -0.1) is 0 Å². The zero-order chi connectivity index (χ0) is 24.8. The highest BCUT2D eigenvalue weighted by molar-refractivity contribution is 7.79. The first kappa shape index (κ1) is 22.8. The number of piperazine rings is 1. The van der Waals surface area contributed by atoms with Crippen LogP contribution in [0.4, 0.5) is 5.69 Å². The molecule has 0 radical (unpaired) electrons. The summed E-state index contributed by atoms with van der Waals surface area (Å²) in [7, 11) is 0. The van der Waals surface area contributed by atoms with Crippen molar-refractivity contribution in [3.63, 3.8) is 0 Å². The maximum absolute atomic E-state index is 11.8. The number of nitrogens with one attached hydrogen (secondary N) is 1. The number of rotatable bonds is 4. The number of nitrogens with zero attached hydrogens (tertiary/aromatic N) is 4. The van der Waals surface area contributed by atoms with Crippen LogP contribution in [0.3, 0.4) is 0 Å². The molecule has 36 heavy (non-hydrogen) atoms. The van der Waals surface area contributed by atoms with E-state index in [1.807, 2.05) is 36.7 Å². The Hall–Kier alpha value is -3.59. The monoisotopic (exact) mass is 497 g/mol. The van der Waals surface area contributed by atoms with Crippen molar-refractivity contribution in [3.05, 3.63) is 79.3 Å². The van der Waals surface area contributed by atoms with E-state index in [1.54, 1.807) is 22.8 Å². The molecule has 7 nitrogen and oxygen atoms in total. The van der Waals surface area contributed by atoms with Crippen molar-refractivity contribution in [1.82, 2.24) is 19.9 Å². The third-order valence-corrected chi connectivity index (χ3v) is 7.78. The molecular formula is C28H27N5O2S. The summed E-state index contributed by atoms with van der Waals surface area (Å²) in [5.74, 6) is 0. The van der Waals surface area contributed by atoms with Crippen molar-refractivity contribution in [2.75, 3.05) is 18.0 Å². The Morgan fingerprint density at radius 2 is 1.61 bits per heavy atom. The maximum atomic E-state index is 11.8. The molecule has 1 unspecified atom stereocenters. The van der Waals surface area contributed by atoms with Crippen LogP contribution in [0.2, 0.25) is 0 Å². The van der Waals surface area contributed by atoms with Gasteiger partial charge in [0.25, 0.3) is 0 Å². The highest BCUT2D eigenvalue weighted by Gasteiger charge is 2.24. The summed E-state index contributed by atoms with van der Waals surface area (Å²) in [6.45, 7) is 6.49. The lowest BCUT2D eigenvalue weighted by Gasteiger charge is -2.41. The molecule has 2 N–H and O–H groups in total. The van der Waals surface area contributed by atoms with E-state index >= 15 is 0 Å². The Bertz CT molecular complexity index is 1590. The molecule has 0 amide bonds. The van der Waals surface area contributed by atoms with Gasteiger partial charge >= 0.3 is 0 Å². The molecule has 182 valence electrons. The fraction of sp³-hybridized carbons (Fsp3) is 0.214. The number of benzene rings is 3. The maximum Gasteiger partial charge on any atom is 0.187 e. The zero-order valence-electron chi connectivity index (χ0n) is 20.1. The summed E-state index contributed by atoms with van der Waals surface area (Å²) >= 11 is -2.06. The minimum absolute atomic E-state index is 0.397. The molecule has 0 saturated carbocycles. The first-order valence-corrected chi connectivity index (χ1v) is 13.2. The molecule has 1 aliphatic rings. The fourth-order valence-corrected chi connectivity index (χ4v) is 5.91. The predicted molar refractivity (Wildman–Crippen MR) is 145 cm³/mol. The van der Waals surface area contributed by atoms with Crippen molar-refractivity contribution >= 4 is 33.2 Å². The van der Waals surface area contributed by atoms with Crippen LogP contribution in [-0.4, -0.2) is 48.5 Å². The Morgan fingerprint density at radius 3 is 2.36 bits per heavy atom. The van der Waals surface area contributed by atoms with E-state index in [0.717, 1.165) is 51.8 Å². The van der Waals surface area contributed by atoms with Gasteiger partial charge in [-0.3, -0.25) is 0 Å². The third kappa shape index (κ3) is 3.87. The average molecular weight is 498 g/mol. The van der Waals surface area contributed by atoms with Crippen molar-refractivity contribution in [3.8, 4) is 22.3 Å². The minimum atomic E-state index is -2.06. The molecular weight excluding hydrogens is 470 g/mol. The van der Waals surface area contributed by atoms with Gasteiger partial charge in [0.1, 0.15) is 0 Å². The van der Waals surface area contributed by atoms with Crippen molar-refractivity contribution in [2.45, 2.75) is 30.8 Å². The van der Waals surface area contributed by atoms with Gasteiger partial charge < -0.3 is 14.8 Å². The molecule has 6 rings (SSSR count). The van der Waals surface area contributed by atoms with Crippen LogP contribution in [0.25, 0.3) is 38.7 Å². The van der Waals surface area contributed by atoms with Crippen LogP contribution in [0.5, 0.6) is 0 Å². The topological polar surface area (TPSA) is 82.8 Å². The average Bonchev–Trinajstić information content (AvgIpc) is 3.31. The first-order chi connectivity index (χ1) is 17.5. The van der Waals surface area contributed by atoms with Crippen molar-refractivity contribution < 1.29 is 8.76 Å². The van der Waals surface area contributed by atoms with Gasteiger partial charge in [0.15, 0.2) is 16.7 Å². The van der Waals surface area contributed by atoms with E-state index in [2.05, 4.69) is 53.4 Å². The van der Waals surface area contributed by atoms with Gasteiger partial charge in [0.2, 0.25) is 0 Å². The molecule has 5 aromatic rings. The quantitative estimate of drug-likeness (QED) is 0.341. The standard InChI is InChI=1S/C28H27N5O2S/c1-18-13-29-14-19(2)33(18)22-11-9-20(10-12-22)21-15-30-28-26(16-31-32(28)17-21)24-5-3-7-25-23(24)6-4-8-27(25)36(34)35/h3-12,15-19,29H,13-14H2,1-2H3,(H,34,35)/t18-,19+. The van der Waals surface area contributed by atoms with Gasteiger partial charge in [0.05, 0.1) is 11.1 Å². The van der Waals surface area contributed by atoms with Crippen LogP contribution < -0.4 is 10.2 Å². The molecule has 3 aromatic carbocycles. The lowest BCUT2D eigenvalue weighted by atomic mass is 10.00. The molecule has 0 spiro atoms. The summed E-state index contributed by atoms with van der Waals surface area (Å²) in [4.78, 5) is 7.64. The van der Waals surface area contributed by atoms with Gasteiger partial charge in [-0.2, -0.15) is 5.10 Å². The van der Waals surface area contributed by atoms with Gasteiger partial charge in [-0.25, -0.2) is 13.7 Å². The van der Waals surface area contributed by atoms with E-state index in [4.69, 9.17) is 4.98 Å². The van der Waals surface area contributed by atoms with E-state index < -0.39 is 11.1 Å². The van der Waals surface area contributed by atoms with Crippen LogP contribution in [-0.2, 0) is 11.1 Å². The van der Waals surface area contributed by atoms with Gasteiger partial charge in [-0.05, 0) is 48.6 Å². The predicted octanol–water partition coefficient (Wildman–Crippen LogP) is 4.98. The van der Waals surface area contributed by atoms with Gasteiger partial charge in [0, 0.05) is 59.8 Å². The van der Waals surface area contributed by atoms with Crippen LogP contribution in [0.15, 0.2) is 84.1 Å². The van der Waals surface area contributed by atoms with Crippen molar-refractivity contribution in [2.24, 2.45) is 0 Å². The Labute approximate surface area is 212 Å². The first-order valence-electron chi connectivity index (χ1n) is 12.1. The third-order valence-electron chi connectivity index (χ3n) is 7.04. The second-order valence-electron chi connectivity index (χ2n) is 9.39. The lowest BCUT2D eigenvalue weighted by molar-refractivity contribution is 0.432. The smallest absolute Gasteiger partial charge is 0.187 e. The second kappa shape index (κ2) is 9.13. The van der Waals surface area contributed by atoms with Crippen LogP contribution >= 0.6 is 0 Å². The van der Waals surface area contributed by atoms with Crippen molar-refractivity contribution in [1.29, 1.82) is 0 Å². The number of hydrogen-bond donors (Lipinski definition) is 2. The van der Waals surface area contributed by atoms with E-state index in [9.17, 15) is 8.76 Å². The molecule has 1 aliphatic heterocycles. The Morgan fingerprint density at radius 1 is 0.889 bits per heavy atom. The molecule has 8 heteroatoms. The van der Waals surface area contributed by atoms with E-state index in [-0.39, 0.29) is 0 Å². The lowest BCUT2D eigenvalue weighted by Crippen LogP contribution is -2.55. The van der Waals surface area contributed by atoms with E-state index in [0.29, 0.717) is 17.0 Å². The molecule has 3 heterocycles. The van der Waals surface area contributed by atoms with E-state index in [1.165, 1.54) is 5.69 Å². The molecule has 2 aromatic heterocycles. The zero-order valence-corrected chi connectivity index (χ0v) is 20.9. The molecule has 0 aliphatic carbocycles. The summed E-state index contributed by atoms with van der Waals surface area (Å²) < 4.78 is 23.3. The van der Waals surface area contributed by atoms with Gasteiger partial charge in [-0.1, -0.05) is 42.5 Å². The number of anilines is 1. The summed E-state index contributed by atoms with van der Waals surface area (Å²) in [6.07, 6.45) is 5.68. The fourth-order valence-electron chi connectivity index (χ4n) is 5.35. The second-order valence-corrected chi connectivity index (χ2v) is 10.3. The molecule has 3 atom stereocenters. The molecule has 0 bridgehead atoms. The summed E-state index contributed by atoms with van der Waals surface area (Å²) in [6, 6.07) is 20.8.